The van der Waals surface area contributed by atoms with Crippen LogP contribution in [0, 0.1) is 0 Å². The Morgan fingerprint density at radius 3 is 2.10 bits per heavy atom. The number of benzene rings is 2. The molecule has 3 amide bonds. The van der Waals surface area contributed by atoms with E-state index in [-0.39, 0.29) is 62.3 Å². The van der Waals surface area contributed by atoms with Gasteiger partial charge in [-0.2, -0.15) is 0 Å². The molecule has 2 aromatic rings. The van der Waals surface area contributed by atoms with E-state index < -0.39 is 45.4 Å². The second-order valence-corrected chi connectivity index (χ2v) is 11.9. The molecule has 0 aromatic heterocycles. The van der Waals surface area contributed by atoms with Crippen LogP contribution in [-0.2, 0) is 44.3 Å². The van der Waals surface area contributed by atoms with Crippen LogP contribution in [0.5, 0.6) is 28.7 Å². The first kappa shape index (κ1) is 37.1. The summed E-state index contributed by atoms with van der Waals surface area (Å²) in [6.07, 6.45) is 0.00480. The van der Waals surface area contributed by atoms with Crippen LogP contribution in [0.1, 0.15) is 43.2 Å². The van der Waals surface area contributed by atoms with Gasteiger partial charge in [-0.15, -0.1) is 5.06 Å². The molecular weight excluding hydrogens is 656 g/mol. The van der Waals surface area contributed by atoms with Crippen LogP contribution in [0.25, 0.3) is 6.08 Å². The van der Waals surface area contributed by atoms with E-state index in [4.69, 9.17) is 33.3 Å². The normalized spacial score (nSPS) is 12.9. The van der Waals surface area contributed by atoms with E-state index in [1.165, 1.54) is 52.7 Å². The predicted octanol–water partition coefficient (Wildman–Crippen LogP) is 2.72. The van der Waals surface area contributed by atoms with Gasteiger partial charge in [0.15, 0.2) is 21.3 Å². The summed E-state index contributed by atoms with van der Waals surface area (Å²) in [7, 11) is 1.83. The maximum Gasteiger partial charge on any atom is 0.514 e. The standard InChI is InChI=1S/C31H36N2O14S/c1-41-21-17-24(43-3)22(25(18-21)44-4)12-15-48(39,40)19-20-8-9-23(42-2)26(16-20)46-31(38)45-14-13-32-27(34)6-5-7-30(37)47-33-28(35)10-11-29(33)36/h8-9,12,15-18H,5-7,10-11,13-14,19H2,1-4H3,(H,32,34)/b15-12+. The summed E-state index contributed by atoms with van der Waals surface area (Å²) in [5, 5.41) is 3.95. The van der Waals surface area contributed by atoms with Gasteiger partial charge in [0.2, 0.25) is 5.91 Å². The lowest BCUT2D eigenvalue weighted by Gasteiger charge is -2.13. The summed E-state index contributed by atoms with van der Waals surface area (Å²) < 4.78 is 57.2. The summed E-state index contributed by atoms with van der Waals surface area (Å²) in [6, 6.07) is 7.43. The molecule has 16 nitrogen and oxygen atoms in total. The van der Waals surface area contributed by atoms with E-state index in [2.05, 4.69) is 5.32 Å². The predicted molar refractivity (Wildman–Crippen MR) is 167 cm³/mol. The van der Waals surface area contributed by atoms with Gasteiger partial charge in [0.1, 0.15) is 23.9 Å². The highest BCUT2D eigenvalue weighted by Gasteiger charge is 2.32. The molecule has 0 spiro atoms. The molecule has 0 saturated carbocycles. The Labute approximate surface area is 276 Å². The van der Waals surface area contributed by atoms with Crippen molar-refractivity contribution >= 4 is 45.8 Å². The number of rotatable bonds is 17. The largest absolute Gasteiger partial charge is 0.514 e. The monoisotopic (exact) mass is 692 g/mol. The second-order valence-electron chi connectivity index (χ2n) is 9.99. The van der Waals surface area contributed by atoms with E-state index in [9.17, 15) is 32.4 Å². The fourth-order valence-electron chi connectivity index (χ4n) is 4.27. The first-order valence-electron chi connectivity index (χ1n) is 14.4. The van der Waals surface area contributed by atoms with E-state index >= 15 is 0 Å². The van der Waals surface area contributed by atoms with Crippen molar-refractivity contribution in [3.05, 3.63) is 46.9 Å². The third kappa shape index (κ3) is 10.9. The first-order valence-corrected chi connectivity index (χ1v) is 16.2. The van der Waals surface area contributed by atoms with E-state index in [1.807, 2.05) is 0 Å². The van der Waals surface area contributed by atoms with Crippen molar-refractivity contribution in [1.82, 2.24) is 10.4 Å². The minimum atomic E-state index is -3.84. The van der Waals surface area contributed by atoms with Crippen LogP contribution in [0.2, 0.25) is 0 Å². The van der Waals surface area contributed by atoms with Gasteiger partial charge in [-0.25, -0.2) is 18.0 Å². The zero-order valence-electron chi connectivity index (χ0n) is 26.8. The molecular formula is C31H36N2O14S. The van der Waals surface area contributed by atoms with Crippen LogP contribution < -0.4 is 29.0 Å². The number of hydrogen-bond donors (Lipinski definition) is 1. The van der Waals surface area contributed by atoms with E-state index in [1.54, 1.807) is 12.1 Å². The highest BCUT2D eigenvalue weighted by atomic mass is 32.2. The lowest BCUT2D eigenvalue weighted by molar-refractivity contribution is -0.197. The highest BCUT2D eigenvalue weighted by Crippen LogP contribution is 2.35. The van der Waals surface area contributed by atoms with Gasteiger partial charge >= 0.3 is 12.1 Å². The molecule has 0 aliphatic carbocycles. The number of imide groups is 1. The van der Waals surface area contributed by atoms with Gasteiger partial charge in [0.25, 0.3) is 11.8 Å². The molecule has 0 unspecified atom stereocenters. The maximum atomic E-state index is 13.0. The molecule has 0 atom stereocenters. The van der Waals surface area contributed by atoms with Gasteiger partial charge in [-0.1, -0.05) is 6.07 Å². The Kier molecular flexibility index (Phi) is 13.6. The number of hydrogen-bond acceptors (Lipinski definition) is 14. The molecule has 0 bridgehead atoms. The smallest absolute Gasteiger partial charge is 0.496 e. The molecule has 1 aliphatic rings. The van der Waals surface area contributed by atoms with E-state index in [0.717, 1.165) is 5.41 Å². The molecule has 1 saturated heterocycles. The van der Waals surface area contributed by atoms with Gasteiger partial charge in [0, 0.05) is 43.2 Å². The summed E-state index contributed by atoms with van der Waals surface area (Å²) >= 11 is 0. The van der Waals surface area contributed by atoms with Gasteiger partial charge in [-0.05, 0) is 30.2 Å². The number of carbonyl (C=O) groups is 5. The van der Waals surface area contributed by atoms with Crippen molar-refractivity contribution in [2.75, 3.05) is 41.6 Å². The van der Waals surface area contributed by atoms with Gasteiger partial charge in [0.05, 0.1) is 46.3 Å². The van der Waals surface area contributed by atoms with Crippen molar-refractivity contribution in [2.45, 2.75) is 37.9 Å². The fourth-order valence-corrected chi connectivity index (χ4v) is 5.35. The third-order valence-corrected chi connectivity index (χ3v) is 7.90. The molecule has 1 fully saturated rings. The van der Waals surface area contributed by atoms with Gasteiger partial charge < -0.3 is 38.6 Å². The molecule has 2 aromatic carbocycles. The Morgan fingerprint density at radius 1 is 0.854 bits per heavy atom. The maximum absolute atomic E-state index is 13.0. The van der Waals surface area contributed by atoms with Gasteiger partial charge in [-0.3, -0.25) is 14.4 Å². The van der Waals surface area contributed by atoms with Crippen molar-refractivity contribution in [3.63, 3.8) is 0 Å². The molecule has 3 rings (SSSR count). The molecule has 1 aliphatic heterocycles. The Morgan fingerprint density at radius 2 is 1.50 bits per heavy atom. The summed E-state index contributed by atoms with van der Waals surface area (Å²) in [6.45, 7) is -0.327. The Bertz CT molecular complexity index is 1610. The number of nitrogens with zero attached hydrogens (tertiary/aromatic N) is 1. The third-order valence-electron chi connectivity index (χ3n) is 6.61. The van der Waals surface area contributed by atoms with Crippen LogP contribution >= 0.6 is 0 Å². The number of amides is 3. The van der Waals surface area contributed by atoms with Crippen LogP contribution in [0.3, 0.4) is 0 Å². The average Bonchev–Trinajstić information content (AvgIpc) is 3.37. The Hall–Kier alpha value is -5.32. The fraction of sp³-hybridized carbons (Fsp3) is 0.387. The van der Waals surface area contributed by atoms with Crippen LogP contribution in [-0.4, -0.2) is 84.9 Å². The minimum absolute atomic E-state index is 0.0217. The van der Waals surface area contributed by atoms with Crippen LogP contribution in [0.4, 0.5) is 4.79 Å². The molecule has 1 heterocycles. The first-order chi connectivity index (χ1) is 22.9. The number of sulfone groups is 1. The summed E-state index contributed by atoms with van der Waals surface area (Å²) in [4.78, 5) is 63.8. The van der Waals surface area contributed by atoms with Crippen molar-refractivity contribution in [1.29, 1.82) is 0 Å². The number of hydroxylamine groups is 2. The van der Waals surface area contributed by atoms with Crippen molar-refractivity contribution < 1.29 is 65.6 Å². The SMILES string of the molecule is COc1cc(OC)c(/C=C/S(=O)(=O)Cc2ccc(OC)c(OC(=O)OCCNC(=O)CCCC(=O)ON3C(=O)CCC3=O)c2)c(OC)c1. The number of methoxy groups -OCH3 is 4. The highest BCUT2D eigenvalue weighted by molar-refractivity contribution is 7.93. The quantitative estimate of drug-likeness (QED) is 0.110. The minimum Gasteiger partial charge on any atom is -0.496 e. The zero-order valence-corrected chi connectivity index (χ0v) is 27.6. The van der Waals surface area contributed by atoms with Crippen molar-refractivity contribution in [2.24, 2.45) is 0 Å². The van der Waals surface area contributed by atoms with Crippen molar-refractivity contribution in [3.8, 4) is 28.7 Å². The van der Waals surface area contributed by atoms with Crippen LogP contribution in [0.15, 0.2) is 35.7 Å². The molecule has 1 N–H and O–H groups in total. The molecule has 17 heteroatoms. The topological polar surface area (TPSA) is 199 Å². The Balaban J connectivity index is 1.48. The lowest BCUT2D eigenvalue weighted by Crippen LogP contribution is -2.32. The number of nitrogens with one attached hydrogen (secondary N) is 1. The molecule has 260 valence electrons. The molecule has 48 heavy (non-hydrogen) atoms. The summed E-state index contributed by atoms with van der Waals surface area (Å²) in [5.74, 6) is -1.71. The van der Waals surface area contributed by atoms with E-state index in [0.29, 0.717) is 27.9 Å². The number of ether oxygens (including phenoxy) is 6. The zero-order chi connectivity index (χ0) is 35.3. The lowest BCUT2D eigenvalue weighted by atomic mass is 10.1. The molecule has 0 radical (unpaired) electrons. The average molecular weight is 693 g/mol. The second kappa shape index (κ2) is 17.6. The number of carbonyl (C=O) groups excluding carboxylic acids is 5. The summed E-state index contributed by atoms with van der Waals surface area (Å²) in [5.41, 5.74) is 0.670.